The van der Waals surface area contributed by atoms with E-state index in [1.54, 1.807) is 18.2 Å². The van der Waals surface area contributed by atoms with Gasteiger partial charge in [0.2, 0.25) is 0 Å². The minimum atomic E-state index is -3.82. The molecule has 7 heteroatoms. The first-order valence-electron chi connectivity index (χ1n) is 6.06. The van der Waals surface area contributed by atoms with Crippen LogP contribution in [0.25, 0.3) is 0 Å². The first-order chi connectivity index (χ1) is 9.83. The first kappa shape index (κ1) is 15.5. The number of ether oxygens (including phenoxy) is 1. The number of nitrogen functional groups attached to an aromatic ring is 1. The summed E-state index contributed by atoms with van der Waals surface area (Å²) in [4.78, 5) is -0.0278. The Morgan fingerprint density at radius 1 is 1.19 bits per heavy atom. The van der Waals surface area contributed by atoms with Gasteiger partial charge in [-0.05, 0) is 36.8 Å². The Bertz CT molecular complexity index is 776. The van der Waals surface area contributed by atoms with Gasteiger partial charge in [-0.25, -0.2) is 8.42 Å². The normalized spacial score (nSPS) is 11.2. The van der Waals surface area contributed by atoms with E-state index in [0.29, 0.717) is 16.5 Å². The van der Waals surface area contributed by atoms with Gasteiger partial charge in [0.25, 0.3) is 10.0 Å². The second-order valence-corrected chi connectivity index (χ2v) is 6.55. The third kappa shape index (κ3) is 3.40. The number of nitrogens with one attached hydrogen (secondary N) is 1. The number of halogens is 1. The van der Waals surface area contributed by atoms with Crippen LogP contribution >= 0.6 is 11.6 Å². The van der Waals surface area contributed by atoms with Crippen LogP contribution in [0.3, 0.4) is 0 Å². The Hall–Kier alpha value is -1.92. The van der Waals surface area contributed by atoms with E-state index in [1.165, 1.54) is 25.3 Å². The van der Waals surface area contributed by atoms with Crippen molar-refractivity contribution in [2.45, 2.75) is 11.8 Å². The van der Waals surface area contributed by atoms with Crippen molar-refractivity contribution in [2.75, 3.05) is 17.6 Å². The molecule has 2 aromatic carbocycles. The smallest absolute Gasteiger partial charge is 0.263 e. The van der Waals surface area contributed by atoms with E-state index in [9.17, 15) is 8.42 Å². The third-order valence-corrected chi connectivity index (χ3v) is 4.63. The van der Waals surface area contributed by atoms with Gasteiger partial charge in [-0.3, -0.25) is 4.72 Å². The van der Waals surface area contributed by atoms with Crippen LogP contribution in [0.1, 0.15) is 5.56 Å². The molecule has 0 aliphatic carbocycles. The number of rotatable bonds is 4. The van der Waals surface area contributed by atoms with Crippen LogP contribution in [-0.4, -0.2) is 15.5 Å². The lowest BCUT2D eigenvalue weighted by molar-refractivity contribution is 0.414. The summed E-state index contributed by atoms with van der Waals surface area (Å²) < 4.78 is 32.2. The zero-order valence-corrected chi connectivity index (χ0v) is 13.1. The summed E-state index contributed by atoms with van der Waals surface area (Å²) in [5, 5.41) is 0.325. The summed E-state index contributed by atoms with van der Waals surface area (Å²) in [6, 6.07) is 9.42. The van der Waals surface area contributed by atoms with Gasteiger partial charge in [-0.1, -0.05) is 17.7 Å². The van der Waals surface area contributed by atoms with Gasteiger partial charge in [0.1, 0.15) is 10.6 Å². The maximum absolute atomic E-state index is 12.4. The molecule has 0 spiro atoms. The molecule has 0 fully saturated rings. The van der Waals surface area contributed by atoms with Crippen LogP contribution in [0, 0.1) is 6.92 Å². The lowest BCUT2D eigenvalue weighted by Crippen LogP contribution is -2.15. The zero-order valence-electron chi connectivity index (χ0n) is 11.6. The van der Waals surface area contributed by atoms with Gasteiger partial charge in [0, 0.05) is 6.07 Å². The van der Waals surface area contributed by atoms with Crippen molar-refractivity contribution < 1.29 is 13.2 Å². The van der Waals surface area contributed by atoms with Crippen molar-refractivity contribution in [2.24, 2.45) is 0 Å². The standard InChI is InChI=1S/C14H15ClN2O3S/c1-9-3-5-13(11(15)7-9)17-21(18,19)14-6-4-10(20-2)8-12(14)16/h3-8,17H,16H2,1-2H3. The van der Waals surface area contributed by atoms with Gasteiger partial charge in [-0.2, -0.15) is 0 Å². The summed E-state index contributed by atoms with van der Waals surface area (Å²) in [6.45, 7) is 1.87. The van der Waals surface area contributed by atoms with Crippen LogP contribution in [0.15, 0.2) is 41.3 Å². The van der Waals surface area contributed by atoms with Crippen molar-refractivity contribution >= 4 is 33.0 Å². The number of anilines is 2. The van der Waals surface area contributed by atoms with Crippen molar-refractivity contribution in [3.8, 4) is 5.75 Å². The van der Waals surface area contributed by atoms with Crippen molar-refractivity contribution in [1.29, 1.82) is 0 Å². The van der Waals surface area contributed by atoms with Crippen molar-refractivity contribution in [3.63, 3.8) is 0 Å². The average molecular weight is 327 g/mol. The second-order valence-electron chi connectivity index (χ2n) is 4.49. The van der Waals surface area contributed by atoms with E-state index in [0.717, 1.165) is 5.56 Å². The maximum atomic E-state index is 12.4. The largest absolute Gasteiger partial charge is 0.497 e. The van der Waals surface area contributed by atoms with Crippen LogP contribution in [0.2, 0.25) is 5.02 Å². The maximum Gasteiger partial charge on any atom is 0.263 e. The Kier molecular flexibility index (Phi) is 4.29. The second kappa shape index (κ2) is 5.83. The molecule has 0 unspecified atom stereocenters. The molecule has 0 saturated carbocycles. The molecule has 0 saturated heterocycles. The molecule has 0 aromatic heterocycles. The molecule has 0 atom stereocenters. The van der Waals surface area contributed by atoms with Crippen LogP contribution in [-0.2, 0) is 10.0 Å². The molecular formula is C14H15ClN2O3S. The minimum Gasteiger partial charge on any atom is -0.497 e. The Labute approximate surface area is 128 Å². The topological polar surface area (TPSA) is 81.4 Å². The Morgan fingerprint density at radius 3 is 2.48 bits per heavy atom. The number of hydrogen-bond acceptors (Lipinski definition) is 4. The number of aryl methyl sites for hydroxylation is 1. The summed E-state index contributed by atoms with van der Waals surface area (Å²) in [7, 11) is -2.34. The summed E-state index contributed by atoms with van der Waals surface area (Å²) in [6.07, 6.45) is 0. The van der Waals surface area contributed by atoms with E-state index >= 15 is 0 Å². The molecule has 0 aliphatic heterocycles. The Balaban J connectivity index is 2.38. The molecule has 0 aliphatic rings. The van der Waals surface area contributed by atoms with E-state index < -0.39 is 10.0 Å². The van der Waals surface area contributed by atoms with Crippen molar-refractivity contribution in [3.05, 3.63) is 47.0 Å². The fourth-order valence-electron chi connectivity index (χ4n) is 1.80. The molecule has 3 N–H and O–H groups in total. The fourth-order valence-corrected chi connectivity index (χ4v) is 3.33. The number of hydrogen-bond donors (Lipinski definition) is 2. The molecule has 112 valence electrons. The van der Waals surface area contributed by atoms with Gasteiger partial charge in [-0.15, -0.1) is 0 Å². The quantitative estimate of drug-likeness (QED) is 0.846. The Morgan fingerprint density at radius 2 is 1.90 bits per heavy atom. The fraction of sp³-hybridized carbons (Fsp3) is 0.143. The monoisotopic (exact) mass is 326 g/mol. The number of benzene rings is 2. The molecule has 21 heavy (non-hydrogen) atoms. The van der Waals surface area contributed by atoms with E-state index in [1.807, 2.05) is 6.92 Å². The van der Waals surface area contributed by atoms with Gasteiger partial charge >= 0.3 is 0 Å². The summed E-state index contributed by atoms with van der Waals surface area (Å²) in [5.41, 5.74) is 7.11. The summed E-state index contributed by atoms with van der Waals surface area (Å²) in [5.74, 6) is 0.486. The van der Waals surface area contributed by atoms with Crippen LogP contribution < -0.4 is 15.2 Å². The van der Waals surface area contributed by atoms with E-state index in [2.05, 4.69) is 4.72 Å². The molecular weight excluding hydrogens is 312 g/mol. The molecule has 0 bridgehead atoms. The highest BCUT2D eigenvalue weighted by atomic mass is 35.5. The predicted molar refractivity (Wildman–Crippen MR) is 84.4 cm³/mol. The lowest BCUT2D eigenvalue weighted by atomic mass is 10.2. The molecule has 0 amide bonds. The van der Waals surface area contributed by atoms with Gasteiger partial charge in [0.05, 0.1) is 23.5 Å². The SMILES string of the molecule is COc1ccc(S(=O)(=O)Nc2ccc(C)cc2Cl)c(N)c1. The number of nitrogens with two attached hydrogens (primary N) is 1. The summed E-state index contributed by atoms with van der Waals surface area (Å²) >= 11 is 6.03. The molecule has 5 nitrogen and oxygen atoms in total. The predicted octanol–water partition coefficient (Wildman–Crippen LogP) is 3.04. The molecule has 2 rings (SSSR count). The number of methoxy groups -OCH3 is 1. The van der Waals surface area contributed by atoms with Crippen LogP contribution in [0.5, 0.6) is 5.75 Å². The highest BCUT2D eigenvalue weighted by Crippen LogP contribution is 2.29. The lowest BCUT2D eigenvalue weighted by Gasteiger charge is -2.12. The van der Waals surface area contributed by atoms with Gasteiger partial charge in [0.15, 0.2) is 0 Å². The highest BCUT2D eigenvalue weighted by Gasteiger charge is 2.19. The third-order valence-electron chi connectivity index (χ3n) is 2.88. The number of sulfonamides is 1. The molecule has 0 heterocycles. The molecule has 0 radical (unpaired) electrons. The zero-order chi connectivity index (χ0) is 15.6. The molecule has 2 aromatic rings. The van der Waals surface area contributed by atoms with Crippen LogP contribution in [0.4, 0.5) is 11.4 Å². The highest BCUT2D eigenvalue weighted by molar-refractivity contribution is 7.92. The van der Waals surface area contributed by atoms with Crippen molar-refractivity contribution in [1.82, 2.24) is 0 Å². The minimum absolute atomic E-state index is 0.0278. The van der Waals surface area contributed by atoms with Gasteiger partial charge < -0.3 is 10.5 Å². The first-order valence-corrected chi connectivity index (χ1v) is 7.92. The average Bonchev–Trinajstić information content (AvgIpc) is 2.41. The van der Waals surface area contributed by atoms with E-state index in [-0.39, 0.29) is 10.6 Å². The van der Waals surface area contributed by atoms with E-state index in [4.69, 9.17) is 22.1 Å².